The second kappa shape index (κ2) is 4.09. The number of sulfonamides is 1. The first kappa shape index (κ1) is 11.8. The Kier molecular flexibility index (Phi) is 3.23. The highest BCUT2D eigenvalue weighted by molar-refractivity contribution is 7.92. The van der Waals surface area contributed by atoms with E-state index in [9.17, 15) is 21.6 Å². The Labute approximate surface area is 85.0 Å². The molecule has 0 radical (unpaired) electrons. The van der Waals surface area contributed by atoms with Gasteiger partial charge >= 0.3 is 0 Å². The molecular weight excluding hydrogens is 231 g/mol. The number of benzene rings is 1. The maximum atomic E-state index is 13.0. The molecule has 0 bridgehead atoms. The van der Waals surface area contributed by atoms with Gasteiger partial charge in [-0.1, -0.05) is 0 Å². The van der Waals surface area contributed by atoms with E-state index in [-0.39, 0.29) is 5.75 Å². The van der Waals surface area contributed by atoms with Crippen LogP contribution in [0.25, 0.3) is 0 Å². The molecule has 0 saturated heterocycles. The van der Waals surface area contributed by atoms with Crippen LogP contribution >= 0.6 is 0 Å². The molecule has 0 heterocycles. The Morgan fingerprint density at radius 3 is 2.40 bits per heavy atom. The third-order valence-electron chi connectivity index (χ3n) is 1.64. The highest BCUT2D eigenvalue weighted by Crippen LogP contribution is 2.20. The van der Waals surface area contributed by atoms with Crippen molar-refractivity contribution in [3.05, 3.63) is 29.6 Å². The van der Waals surface area contributed by atoms with Crippen LogP contribution in [0.15, 0.2) is 12.1 Å². The fourth-order valence-electron chi connectivity index (χ4n) is 0.870. The Morgan fingerprint density at radius 1 is 1.27 bits per heavy atom. The molecule has 84 valence electrons. The van der Waals surface area contributed by atoms with Crippen molar-refractivity contribution < 1.29 is 21.6 Å². The molecule has 0 aliphatic heterocycles. The molecule has 1 rings (SSSR count). The Morgan fingerprint density at radius 2 is 1.87 bits per heavy atom. The van der Waals surface area contributed by atoms with Crippen LogP contribution < -0.4 is 4.72 Å². The van der Waals surface area contributed by atoms with Crippen molar-refractivity contribution in [1.82, 2.24) is 0 Å². The average molecular weight is 239 g/mol. The maximum absolute atomic E-state index is 13.0. The molecule has 0 aliphatic rings. The van der Waals surface area contributed by atoms with Crippen LogP contribution in [0.4, 0.5) is 18.9 Å². The van der Waals surface area contributed by atoms with Crippen molar-refractivity contribution in [3.8, 4) is 0 Å². The number of rotatable bonds is 3. The van der Waals surface area contributed by atoms with Crippen LogP contribution in [0.1, 0.15) is 6.92 Å². The van der Waals surface area contributed by atoms with E-state index in [0.29, 0.717) is 12.1 Å². The minimum Gasteiger partial charge on any atom is -0.280 e. The van der Waals surface area contributed by atoms with Crippen LogP contribution in [0.5, 0.6) is 0 Å². The molecule has 0 saturated carbocycles. The number of anilines is 1. The lowest BCUT2D eigenvalue weighted by molar-refractivity contribution is 0.498. The largest absolute Gasteiger partial charge is 0.280 e. The predicted molar refractivity (Wildman–Crippen MR) is 49.4 cm³/mol. The van der Waals surface area contributed by atoms with Gasteiger partial charge in [-0.25, -0.2) is 21.6 Å². The van der Waals surface area contributed by atoms with E-state index in [1.54, 1.807) is 4.72 Å². The zero-order chi connectivity index (χ0) is 11.6. The topological polar surface area (TPSA) is 46.2 Å². The normalized spacial score (nSPS) is 11.5. The molecule has 0 fully saturated rings. The van der Waals surface area contributed by atoms with Crippen molar-refractivity contribution in [2.75, 3.05) is 10.5 Å². The summed E-state index contributed by atoms with van der Waals surface area (Å²) in [5, 5.41) is 0. The summed E-state index contributed by atoms with van der Waals surface area (Å²) < 4.78 is 62.1. The van der Waals surface area contributed by atoms with E-state index in [2.05, 4.69) is 0 Å². The summed E-state index contributed by atoms with van der Waals surface area (Å²) in [5.74, 6) is -4.23. The molecule has 0 amide bonds. The molecule has 0 aliphatic carbocycles. The van der Waals surface area contributed by atoms with Gasteiger partial charge in [0.1, 0.15) is 5.82 Å². The predicted octanol–water partition coefficient (Wildman–Crippen LogP) is 1.87. The zero-order valence-corrected chi connectivity index (χ0v) is 8.54. The zero-order valence-electron chi connectivity index (χ0n) is 7.72. The van der Waals surface area contributed by atoms with Gasteiger partial charge < -0.3 is 0 Å². The van der Waals surface area contributed by atoms with E-state index in [1.807, 2.05) is 0 Å². The summed E-state index contributed by atoms with van der Waals surface area (Å²) in [7, 11) is -3.75. The van der Waals surface area contributed by atoms with Crippen LogP contribution in [-0.2, 0) is 10.0 Å². The number of nitrogens with one attached hydrogen (secondary N) is 1. The van der Waals surface area contributed by atoms with Crippen molar-refractivity contribution in [2.45, 2.75) is 6.92 Å². The highest BCUT2D eigenvalue weighted by Gasteiger charge is 2.15. The van der Waals surface area contributed by atoms with Crippen LogP contribution in [0.3, 0.4) is 0 Å². The minimum absolute atomic E-state index is 0.315. The number of hydrogen-bond donors (Lipinski definition) is 1. The molecule has 0 unspecified atom stereocenters. The van der Waals surface area contributed by atoms with E-state index < -0.39 is 33.2 Å². The van der Waals surface area contributed by atoms with Gasteiger partial charge in [0, 0.05) is 12.1 Å². The summed E-state index contributed by atoms with van der Waals surface area (Å²) in [6, 6.07) is 0.907. The Hall–Kier alpha value is -1.24. The quantitative estimate of drug-likeness (QED) is 0.818. The summed E-state index contributed by atoms with van der Waals surface area (Å²) in [6.45, 7) is 1.32. The summed E-state index contributed by atoms with van der Waals surface area (Å²) in [6.07, 6.45) is 0. The lowest BCUT2D eigenvalue weighted by Gasteiger charge is -2.07. The maximum Gasteiger partial charge on any atom is 0.232 e. The van der Waals surface area contributed by atoms with Crippen molar-refractivity contribution in [2.24, 2.45) is 0 Å². The van der Waals surface area contributed by atoms with Crippen molar-refractivity contribution in [3.63, 3.8) is 0 Å². The van der Waals surface area contributed by atoms with Gasteiger partial charge in [0.2, 0.25) is 10.0 Å². The van der Waals surface area contributed by atoms with Crippen LogP contribution in [0, 0.1) is 17.5 Å². The van der Waals surface area contributed by atoms with Crippen LogP contribution in [-0.4, -0.2) is 14.2 Å². The molecule has 7 heteroatoms. The molecule has 1 aromatic carbocycles. The van der Waals surface area contributed by atoms with Gasteiger partial charge in [-0.3, -0.25) is 4.72 Å². The monoisotopic (exact) mass is 239 g/mol. The molecule has 0 atom stereocenters. The van der Waals surface area contributed by atoms with E-state index in [1.165, 1.54) is 6.92 Å². The Bertz CT molecular complexity index is 473. The minimum atomic E-state index is -3.75. The SMILES string of the molecule is CCS(=O)(=O)Nc1cc(F)cc(F)c1F. The highest BCUT2D eigenvalue weighted by atomic mass is 32.2. The molecule has 3 nitrogen and oxygen atoms in total. The van der Waals surface area contributed by atoms with Gasteiger partial charge in [-0.05, 0) is 6.92 Å². The molecule has 0 spiro atoms. The van der Waals surface area contributed by atoms with E-state index in [0.717, 1.165) is 0 Å². The first-order valence-corrected chi connectivity index (χ1v) is 5.66. The van der Waals surface area contributed by atoms with Gasteiger partial charge in [-0.15, -0.1) is 0 Å². The van der Waals surface area contributed by atoms with Gasteiger partial charge in [0.25, 0.3) is 0 Å². The average Bonchev–Trinajstić information content (AvgIpc) is 2.13. The molecular formula is C8H8F3NO2S. The molecule has 15 heavy (non-hydrogen) atoms. The third kappa shape index (κ3) is 2.85. The smallest absolute Gasteiger partial charge is 0.232 e. The molecule has 1 aromatic rings. The van der Waals surface area contributed by atoms with E-state index >= 15 is 0 Å². The second-order valence-electron chi connectivity index (χ2n) is 2.75. The second-order valence-corrected chi connectivity index (χ2v) is 4.77. The number of hydrogen-bond acceptors (Lipinski definition) is 2. The molecule has 0 aromatic heterocycles. The Balaban J connectivity index is 3.16. The van der Waals surface area contributed by atoms with Crippen molar-refractivity contribution in [1.29, 1.82) is 0 Å². The first-order chi connectivity index (χ1) is 6.85. The lowest BCUT2D eigenvalue weighted by atomic mass is 10.3. The van der Waals surface area contributed by atoms with E-state index in [4.69, 9.17) is 0 Å². The standard InChI is InChI=1S/C8H8F3NO2S/c1-2-15(13,14)12-7-4-5(9)3-6(10)8(7)11/h3-4,12H,2H2,1H3. The first-order valence-electron chi connectivity index (χ1n) is 4.00. The van der Waals surface area contributed by atoms with Gasteiger partial charge in [-0.2, -0.15) is 0 Å². The summed E-state index contributed by atoms with van der Waals surface area (Å²) >= 11 is 0. The van der Waals surface area contributed by atoms with Crippen molar-refractivity contribution >= 4 is 15.7 Å². The fraction of sp³-hybridized carbons (Fsp3) is 0.250. The third-order valence-corrected chi connectivity index (χ3v) is 2.93. The van der Waals surface area contributed by atoms with Gasteiger partial charge in [0.05, 0.1) is 11.4 Å². The fourth-order valence-corrected chi connectivity index (χ4v) is 1.50. The van der Waals surface area contributed by atoms with Gasteiger partial charge in [0.15, 0.2) is 11.6 Å². The van der Waals surface area contributed by atoms with Crippen LogP contribution in [0.2, 0.25) is 0 Å². The summed E-state index contributed by atoms with van der Waals surface area (Å²) in [5.41, 5.74) is -0.727. The lowest BCUT2D eigenvalue weighted by Crippen LogP contribution is -2.16. The number of halogens is 3. The summed E-state index contributed by atoms with van der Waals surface area (Å²) in [4.78, 5) is 0. The molecule has 1 N–H and O–H groups in total.